The molecule has 0 bridgehead atoms. The van der Waals surface area contributed by atoms with Gasteiger partial charge in [0.2, 0.25) is 5.91 Å². The number of benzene rings is 1. The van der Waals surface area contributed by atoms with Crippen LogP contribution in [0.5, 0.6) is 0 Å². The Labute approximate surface area is 147 Å². The van der Waals surface area contributed by atoms with Crippen molar-refractivity contribution in [2.24, 2.45) is 11.8 Å². The maximum atomic E-state index is 12.4. The van der Waals surface area contributed by atoms with E-state index in [1.54, 1.807) is 6.20 Å². The molecule has 1 aliphatic rings. The Kier molecular flexibility index (Phi) is 5.24. The van der Waals surface area contributed by atoms with Crippen LogP contribution in [0.15, 0.2) is 34.9 Å². The van der Waals surface area contributed by atoms with E-state index < -0.39 is 0 Å². The molecule has 0 unspecified atom stereocenters. The molecule has 128 valence electrons. The van der Waals surface area contributed by atoms with Gasteiger partial charge >= 0.3 is 0 Å². The van der Waals surface area contributed by atoms with E-state index in [-0.39, 0.29) is 5.91 Å². The summed E-state index contributed by atoms with van der Waals surface area (Å²) in [6, 6.07) is 7.50. The van der Waals surface area contributed by atoms with Gasteiger partial charge in [-0.1, -0.05) is 37.6 Å². The van der Waals surface area contributed by atoms with Crippen molar-refractivity contribution in [1.82, 2.24) is 9.88 Å². The van der Waals surface area contributed by atoms with Crippen LogP contribution in [-0.2, 0) is 11.2 Å². The Balaban J connectivity index is 1.59. The van der Waals surface area contributed by atoms with Gasteiger partial charge in [-0.05, 0) is 30.4 Å². The van der Waals surface area contributed by atoms with Crippen LogP contribution >= 0.6 is 11.6 Å². The molecule has 1 aliphatic heterocycles. The maximum absolute atomic E-state index is 12.4. The molecule has 0 saturated carbocycles. The van der Waals surface area contributed by atoms with Crippen molar-refractivity contribution in [3.8, 4) is 11.3 Å². The summed E-state index contributed by atoms with van der Waals surface area (Å²) in [5.74, 6) is 2.56. The fourth-order valence-corrected chi connectivity index (χ4v) is 3.68. The molecule has 4 nitrogen and oxygen atoms in total. The Bertz CT molecular complexity index is 703. The summed E-state index contributed by atoms with van der Waals surface area (Å²) in [5, 5.41) is 0.632. The van der Waals surface area contributed by atoms with E-state index in [1.807, 2.05) is 29.2 Å². The number of carbonyl (C=O) groups excluding carboxylic acids is 1. The molecule has 1 saturated heterocycles. The maximum Gasteiger partial charge on any atom is 0.223 e. The number of piperidine rings is 1. The van der Waals surface area contributed by atoms with Gasteiger partial charge in [0.25, 0.3) is 0 Å². The zero-order chi connectivity index (χ0) is 17.1. The predicted octanol–water partition coefficient (Wildman–Crippen LogP) is 4.43. The second kappa shape index (κ2) is 7.39. The van der Waals surface area contributed by atoms with E-state index in [9.17, 15) is 4.79 Å². The third kappa shape index (κ3) is 3.99. The lowest BCUT2D eigenvalue weighted by molar-refractivity contribution is -0.133. The molecular formula is C19H23ClN2O2. The Morgan fingerprint density at radius 1 is 1.29 bits per heavy atom. The van der Waals surface area contributed by atoms with Crippen molar-refractivity contribution < 1.29 is 9.21 Å². The highest BCUT2D eigenvalue weighted by atomic mass is 35.5. The molecule has 5 heteroatoms. The Hall–Kier alpha value is -1.81. The van der Waals surface area contributed by atoms with Crippen molar-refractivity contribution in [2.45, 2.75) is 33.1 Å². The zero-order valence-electron chi connectivity index (χ0n) is 14.2. The minimum Gasteiger partial charge on any atom is -0.441 e. The van der Waals surface area contributed by atoms with Gasteiger partial charge in [-0.25, -0.2) is 4.98 Å². The number of carbonyl (C=O) groups is 1. The lowest BCUT2D eigenvalue weighted by Gasteiger charge is -2.35. The summed E-state index contributed by atoms with van der Waals surface area (Å²) < 4.78 is 5.76. The first-order valence-electron chi connectivity index (χ1n) is 8.50. The molecule has 3 rings (SSSR count). The number of hydrogen-bond donors (Lipinski definition) is 0. The van der Waals surface area contributed by atoms with E-state index in [0.29, 0.717) is 41.4 Å². The number of halogens is 1. The van der Waals surface area contributed by atoms with Crippen LogP contribution in [0, 0.1) is 11.8 Å². The number of hydrogen-bond acceptors (Lipinski definition) is 3. The normalized spacial score (nSPS) is 21.0. The molecule has 0 N–H and O–H groups in total. The summed E-state index contributed by atoms with van der Waals surface area (Å²) in [6.45, 7) is 6.14. The van der Waals surface area contributed by atoms with Crippen LogP contribution in [-0.4, -0.2) is 28.9 Å². The van der Waals surface area contributed by atoms with Gasteiger partial charge in [-0.15, -0.1) is 0 Å². The molecule has 1 aromatic carbocycles. The average Bonchev–Trinajstić information content (AvgIpc) is 3.01. The van der Waals surface area contributed by atoms with Crippen molar-refractivity contribution in [1.29, 1.82) is 0 Å². The van der Waals surface area contributed by atoms with E-state index in [0.717, 1.165) is 18.7 Å². The summed E-state index contributed by atoms with van der Waals surface area (Å²) in [5.41, 5.74) is 0.822. The second-order valence-electron chi connectivity index (χ2n) is 6.84. The van der Waals surface area contributed by atoms with Gasteiger partial charge in [0.1, 0.15) is 0 Å². The smallest absolute Gasteiger partial charge is 0.223 e. The predicted molar refractivity (Wildman–Crippen MR) is 94.8 cm³/mol. The molecule has 0 radical (unpaired) electrons. The highest BCUT2D eigenvalue weighted by molar-refractivity contribution is 6.33. The molecular weight excluding hydrogens is 324 g/mol. The largest absolute Gasteiger partial charge is 0.441 e. The third-order valence-electron chi connectivity index (χ3n) is 4.47. The quantitative estimate of drug-likeness (QED) is 0.822. The highest BCUT2D eigenvalue weighted by Gasteiger charge is 2.25. The zero-order valence-corrected chi connectivity index (χ0v) is 14.9. The van der Waals surface area contributed by atoms with Crippen LogP contribution in [0.3, 0.4) is 0 Å². The Morgan fingerprint density at radius 3 is 2.71 bits per heavy atom. The number of oxazole rings is 1. The summed E-state index contributed by atoms with van der Waals surface area (Å²) >= 11 is 6.18. The average molecular weight is 347 g/mol. The highest BCUT2D eigenvalue weighted by Crippen LogP contribution is 2.28. The monoisotopic (exact) mass is 346 g/mol. The topological polar surface area (TPSA) is 46.3 Å². The number of likely N-dealkylation sites (tertiary alicyclic amines) is 1. The number of aryl methyl sites for hydroxylation is 1. The van der Waals surface area contributed by atoms with Gasteiger partial charge in [-0.2, -0.15) is 0 Å². The number of aromatic nitrogens is 1. The van der Waals surface area contributed by atoms with Crippen LogP contribution in [0.25, 0.3) is 11.3 Å². The van der Waals surface area contributed by atoms with Crippen molar-refractivity contribution >= 4 is 17.5 Å². The first kappa shape index (κ1) is 17.0. The van der Waals surface area contributed by atoms with Crippen LogP contribution in [0.1, 0.15) is 32.6 Å². The molecule has 2 heterocycles. The molecule has 1 fully saturated rings. The molecule has 24 heavy (non-hydrogen) atoms. The van der Waals surface area contributed by atoms with Gasteiger partial charge in [0, 0.05) is 31.5 Å². The lowest BCUT2D eigenvalue weighted by atomic mass is 9.91. The first-order chi connectivity index (χ1) is 11.5. The number of amides is 1. The fourth-order valence-electron chi connectivity index (χ4n) is 3.45. The summed E-state index contributed by atoms with van der Waals surface area (Å²) in [4.78, 5) is 18.7. The molecule has 1 amide bonds. The van der Waals surface area contributed by atoms with Crippen LogP contribution < -0.4 is 0 Å². The van der Waals surface area contributed by atoms with Crippen molar-refractivity contribution in [3.63, 3.8) is 0 Å². The lowest BCUT2D eigenvalue weighted by Crippen LogP contribution is -2.42. The minimum atomic E-state index is 0.186. The molecule has 2 aromatic rings. The van der Waals surface area contributed by atoms with Gasteiger partial charge in [0.15, 0.2) is 11.7 Å². The fraction of sp³-hybridized carbons (Fsp3) is 0.474. The van der Waals surface area contributed by atoms with Crippen molar-refractivity contribution in [3.05, 3.63) is 41.4 Å². The molecule has 1 aromatic heterocycles. The van der Waals surface area contributed by atoms with E-state index in [4.69, 9.17) is 16.0 Å². The molecule has 2 atom stereocenters. The van der Waals surface area contributed by atoms with Crippen LogP contribution in [0.2, 0.25) is 5.02 Å². The van der Waals surface area contributed by atoms with Gasteiger partial charge in [-0.3, -0.25) is 4.79 Å². The summed E-state index contributed by atoms with van der Waals surface area (Å²) in [7, 11) is 0. The van der Waals surface area contributed by atoms with Gasteiger partial charge in [0.05, 0.1) is 11.2 Å². The minimum absolute atomic E-state index is 0.186. The SMILES string of the molecule is C[C@@H]1C[C@H](C)CN(C(=O)CCc2ncc(-c3ccccc3Cl)o2)C1. The number of rotatable bonds is 4. The number of nitrogens with zero attached hydrogens (tertiary/aromatic N) is 2. The first-order valence-corrected chi connectivity index (χ1v) is 8.88. The summed E-state index contributed by atoms with van der Waals surface area (Å²) in [6.07, 6.45) is 3.82. The van der Waals surface area contributed by atoms with E-state index in [1.165, 1.54) is 6.42 Å². The second-order valence-corrected chi connectivity index (χ2v) is 7.25. The third-order valence-corrected chi connectivity index (χ3v) is 4.80. The standard InChI is InChI=1S/C19H23ClN2O2/c1-13-9-14(2)12-22(11-13)19(23)8-7-18-21-10-17(24-18)15-5-3-4-6-16(15)20/h3-6,10,13-14H,7-9,11-12H2,1-2H3/t13-,14+. The molecule has 0 spiro atoms. The van der Waals surface area contributed by atoms with Crippen molar-refractivity contribution in [2.75, 3.05) is 13.1 Å². The van der Waals surface area contributed by atoms with Crippen LogP contribution in [0.4, 0.5) is 0 Å². The van der Waals surface area contributed by atoms with E-state index >= 15 is 0 Å². The Morgan fingerprint density at radius 2 is 2.00 bits per heavy atom. The molecule has 0 aliphatic carbocycles. The van der Waals surface area contributed by atoms with E-state index in [2.05, 4.69) is 18.8 Å². The van der Waals surface area contributed by atoms with Gasteiger partial charge < -0.3 is 9.32 Å².